The fourth-order valence-corrected chi connectivity index (χ4v) is 3.85. The molecule has 1 N–H and O–H groups in total. The molecule has 0 saturated heterocycles. The van der Waals surface area contributed by atoms with Gasteiger partial charge in [0, 0.05) is 37.7 Å². The SMILES string of the molecule is COc1cc(OC)cc(OCC(=O)N(Cc2ccccc2)C(Cc2ccccc2)C(=O)NCC(C)C)c1. The molecule has 0 spiro atoms. The molecule has 3 aromatic carbocycles. The van der Waals surface area contributed by atoms with Crippen molar-refractivity contribution in [2.24, 2.45) is 5.92 Å². The molecule has 3 rings (SSSR count). The third-order valence-electron chi connectivity index (χ3n) is 5.84. The molecule has 2 amide bonds. The standard InChI is InChI=1S/C30H36N2O5/c1-22(2)19-31-30(34)28(15-23-11-7-5-8-12-23)32(20-24-13-9-6-10-14-24)29(33)21-37-27-17-25(35-3)16-26(18-27)36-4/h5-14,16-18,22,28H,15,19-21H2,1-4H3,(H,31,34). The van der Waals surface area contributed by atoms with E-state index >= 15 is 0 Å². The number of rotatable bonds is 13. The van der Waals surface area contributed by atoms with Gasteiger partial charge in [0.2, 0.25) is 5.91 Å². The second-order valence-corrected chi connectivity index (χ2v) is 9.19. The van der Waals surface area contributed by atoms with Gasteiger partial charge in [-0.1, -0.05) is 74.5 Å². The second-order valence-electron chi connectivity index (χ2n) is 9.19. The van der Waals surface area contributed by atoms with Gasteiger partial charge in [0.05, 0.1) is 14.2 Å². The van der Waals surface area contributed by atoms with Crippen LogP contribution in [0, 0.1) is 5.92 Å². The van der Waals surface area contributed by atoms with Crippen molar-refractivity contribution in [1.29, 1.82) is 0 Å². The lowest BCUT2D eigenvalue weighted by Crippen LogP contribution is -2.52. The third kappa shape index (κ3) is 8.56. The van der Waals surface area contributed by atoms with E-state index in [1.165, 1.54) is 0 Å². The maximum Gasteiger partial charge on any atom is 0.261 e. The van der Waals surface area contributed by atoms with Crippen molar-refractivity contribution in [3.8, 4) is 17.2 Å². The van der Waals surface area contributed by atoms with Crippen molar-refractivity contribution in [2.45, 2.75) is 32.9 Å². The predicted molar refractivity (Wildman–Crippen MR) is 144 cm³/mol. The average Bonchev–Trinajstić information content (AvgIpc) is 2.93. The van der Waals surface area contributed by atoms with Gasteiger partial charge in [-0.15, -0.1) is 0 Å². The first-order valence-electron chi connectivity index (χ1n) is 12.4. The minimum atomic E-state index is -0.711. The highest BCUT2D eigenvalue weighted by Gasteiger charge is 2.30. The van der Waals surface area contributed by atoms with E-state index in [-0.39, 0.29) is 30.9 Å². The number of nitrogens with zero attached hydrogens (tertiary/aromatic N) is 1. The van der Waals surface area contributed by atoms with Crippen LogP contribution >= 0.6 is 0 Å². The van der Waals surface area contributed by atoms with E-state index in [0.717, 1.165) is 11.1 Å². The summed E-state index contributed by atoms with van der Waals surface area (Å²) in [5.41, 5.74) is 1.89. The zero-order valence-corrected chi connectivity index (χ0v) is 22.0. The molecule has 1 unspecified atom stereocenters. The molecule has 0 aliphatic carbocycles. The molecule has 0 fully saturated rings. The van der Waals surface area contributed by atoms with Gasteiger partial charge in [0.1, 0.15) is 23.3 Å². The molecule has 7 nitrogen and oxygen atoms in total. The summed E-state index contributed by atoms with van der Waals surface area (Å²) in [5.74, 6) is 1.34. The zero-order valence-electron chi connectivity index (χ0n) is 22.0. The number of hydrogen-bond donors (Lipinski definition) is 1. The van der Waals surface area contributed by atoms with Crippen molar-refractivity contribution in [3.63, 3.8) is 0 Å². The van der Waals surface area contributed by atoms with Crippen molar-refractivity contribution in [2.75, 3.05) is 27.4 Å². The quantitative estimate of drug-likeness (QED) is 0.371. The van der Waals surface area contributed by atoms with Gasteiger partial charge in [0.25, 0.3) is 5.91 Å². The topological polar surface area (TPSA) is 77.1 Å². The summed E-state index contributed by atoms with van der Waals surface area (Å²) in [5, 5.41) is 3.02. The third-order valence-corrected chi connectivity index (χ3v) is 5.84. The second kappa shape index (κ2) is 13.9. The number of hydrogen-bond acceptors (Lipinski definition) is 5. The zero-order chi connectivity index (χ0) is 26.6. The lowest BCUT2D eigenvalue weighted by atomic mass is 10.0. The van der Waals surface area contributed by atoms with Crippen molar-refractivity contribution in [1.82, 2.24) is 10.2 Å². The first kappa shape index (κ1) is 27.6. The van der Waals surface area contributed by atoms with E-state index in [4.69, 9.17) is 14.2 Å². The Morgan fingerprint density at radius 2 is 1.35 bits per heavy atom. The molecule has 0 radical (unpaired) electrons. The number of amides is 2. The van der Waals surface area contributed by atoms with Gasteiger partial charge in [0.15, 0.2) is 6.61 Å². The molecule has 196 valence electrons. The van der Waals surface area contributed by atoms with Crippen LogP contribution in [0.25, 0.3) is 0 Å². The van der Waals surface area contributed by atoms with Gasteiger partial charge < -0.3 is 24.4 Å². The highest BCUT2D eigenvalue weighted by molar-refractivity contribution is 5.88. The van der Waals surface area contributed by atoms with E-state index in [2.05, 4.69) is 5.32 Å². The molecule has 0 aliphatic heterocycles. The molecule has 3 aromatic rings. The monoisotopic (exact) mass is 504 g/mol. The first-order chi connectivity index (χ1) is 17.9. The lowest BCUT2D eigenvalue weighted by molar-refractivity contribution is -0.142. The largest absolute Gasteiger partial charge is 0.496 e. The summed E-state index contributed by atoms with van der Waals surface area (Å²) >= 11 is 0. The molecule has 0 heterocycles. The van der Waals surface area contributed by atoms with Crippen molar-refractivity contribution < 1.29 is 23.8 Å². The maximum atomic E-state index is 13.7. The van der Waals surface area contributed by atoms with Crippen molar-refractivity contribution >= 4 is 11.8 Å². The molecule has 0 saturated carbocycles. The lowest BCUT2D eigenvalue weighted by Gasteiger charge is -2.31. The van der Waals surface area contributed by atoms with Crippen LogP contribution in [0.2, 0.25) is 0 Å². The highest BCUT2D eigenvalue weighted by atomic mass is 16.5. The van der Waals surface area contributed by atoms with Crippen LogP contribution in [0.1, 0.15) is 25.0 Å². The van der Waals surface area contributed by atoms with Gasteiger partial charge in [-0.2, -0.15) is 0 Å². The van der Waals surface area contributed by atoms with E-state index in [1.807, 2.05) is 74.5 Å². The Labute approximate surface area is 219 Å². The Morgan fingerprint density at radius 1 is 0.811 bits per heavy atom. The molecule has 1 atom stereocenters. The maximum absolute atomic E-state index is 13.7. The van der Waals surface area contributed by atoms with E-state index in [0.29, 0.717) is 30.2 Å². The Hall–Kier alpha value is -4.00. The fraction of sp³-hybridized carbons (Fsp3) is 0.333. The molecular formula is C30H36N2O5. The first-order valence-corrected chi connectivity index (χ1v) is 12.4. The molecule has 37 heavy (non-hydrogen) atoms. The Bertz CT molecular complexity index is 1110. The van der Waals surface area contributed by atoms with Crippen LogP contribution in [0.15, 0.2) is 78.9 Å². The summed E-state index contributed by atoms with van der Waals surface area (Å²) in [6.07, 6.45) is 0.385. The van der Waals surface area contributed by atoms with Gasteiger partial charge >= 0.3 is 0 Å². The smallest absolute Gasteiger partial charge is 0.261 e. The van der Waals surface area contributed by atoms with Crippen molar-refractivity contribution in [3.05, 3.63) is 90.0 Å². The van der Waals surface area contributed by atoms with Crippen LogP contribution in [0.5, 0.6) is 17.2 Å². The summed E-state index contributed by atoms with van der Waals surface area (Å²) < 4.78 is 16.5. The summed E-state index contributed by atoms with van der Waals surface area (Å²) in [6.45, 7) is 4.63. The molecule has 0 aliphatic rings. The van der Waals surface area contributed by atoms with Crippen LogP contribution < -0.4 is 19.5 Å². The molecule has 0 aromatic heterocycles. The van der Waals surface area contributed by atoms with Gasteiger partial charge in [-0.05, 0) is 17.0 Å². The number of methoxy groups -OCH3 is 2. The Balaban J connectivity index is 1.89. The minimum Gasteiger partial charge on any atom is -0.496 e. The number of nitrogens with one attached hydrogen (secondary N) is 1. The fourth-order valence-electron chi connectivity index (χ4n) is 3.85. The Morgan fingerprint density at radius 3 is 1.89 bits per heavy atom. The summed E-state index contributed by atoms with van der Waals surface area (Å²) in [6, 6.07) is 23.8. The van der Waals surface area contributed by atoms with E-state index in [9.17, 15) is 9.59 Å². The summed E-state index contributed by atoms with van der Waals surface area (Å²) in [7, 11) is 3.10. The molecule has 0 bridgehead atoms. The van der Waals surface area contributed by atoms with Crippen LogP contribution in [-0.2, 0) is 22.6 Å². The molecule has 7 heteroatoms. The highest BCUT2D eigenvalue weighted by Crippen LogP contribution is 2.27. The van der Waals surface area contributed by atoms with Crippen LogP contribution in [0.3, 0.4) is 0 Å². The van der Waals surface area contributed by atoms with E-state index < -0.39 is 6.04 Å². The van der Waals surface area contributed by atoms with E-state index in [1.54, 1.807) is 37.3 Å². The predicted octanol–water partition coefficient (Wildman–Crippen LogP) is 4.49. The summed E-state index contributed by atoms with van der Waals surface area (Å²) in [4.78, 5) is 28.7. The minimum absolute atomic E-state index is 0.190. The normalized spacial score (nSPS) is 11.5. The Kier molecular flexibility index (Phi) is 10.4. The number of benzene rings is 3. The number of carbonyl (C=O) groups excluding carboxylic acids is 2. The average molecular weight is 505 g/mol. The van der Waals surface area contributed by atoms with Gasteiger partial charge in [-0.25, -0.2) is 0 Å². The van der Waals surface area contributed by atoms with Crippen LogP contribution in [-0.4, -0.2) is 50.1 Å². The number of carbonyl (C=O) groups is 2. The number of ether oxygens (including phenoxy) is 3. The van der Waals surface area contributed by atoms with Gasteiger partial charge in [-0.3, -0.25) is 9.59 Å². The van der Waals surface area contributed by atoms with Crippen LogP contribution in [0.4, 0.5) is 0 Å². The molecular weight excluding hydrogens is 468 g/mol.